The van der Waals surface area contributed by atoms with E-state index < -0.39 is 11.0 Å². The molecular weight excluding hydrogens is 172 g/mol. The van der Waals surface area contributed by atoms with E-state index in [2.05, 4.69) is 8.92 Å². The van der Waals surface area contributed by atoms with Crippen molar-refractivity contribution >= 4 is 17.0 Å². The quantitative estimate of drug-likeness (QED) is 0.352. The van der Waals surface area contributed by atoms with Gasteiger partial charge in [-0.15, -0.1) is 0 Å². The molecule has 0 N–H and O–H groups in total. The van der Waals surface area contributed by atoms with Gasteiger partial charge in [-0.25, -0.2) is 8.42 Å². The Bertz CT molecular complexity index is 177. The molecule has 5 nitrogen and oxygen atoms in total. The zero-order chi connectivity index (χ0) is 8.69. The van der Waals surface area contributed by atoms with Crippen molar-refractivity contribution in [3.63, 3.8) is 0 Å². The van der Waals surface area contributed by atoms with Gasteiger partial charge in [-0.2, -0.15) is 0 Å². The Labute approximate surface area is 66.5 Å². The first-order valence-electron chi connectivity index (χ1n) is 3.03. The number of hydrogen-bond donors (Lipinski definition) is 1. The highest BCUT2D eigenvalue weighted by atomic mass is 32.2. The molecule has 0 atom stereocenters. The molecule has 0 aliphatic heterocycles. The normalized spacial score (nSPS) is 10.0. The highest BCUT2D eigenvalue weighted by Crippen LogP contribution is 1.85. The van der Waals surface area contributed by atoms with Crippen LogP contribution in [0, 0.1) is 0 Å². The van der Waals surface area contributed by atoms with Crippen LogP contribution in [0.2, 0.25) is 0 Å². The number of carbonyl (C=O) groups excluding carboxylic acids is 1. The fraction of sp³-hybridized carbons (Fsp3) is 0.800. The molecule has 0 unspecified atom stereocenters. The highest BCUT2D eigenvalue weighted by Gasteiger charge is 1.92. The summed E-state index contributed by atoms with van der Waals surface area (Å²) in [6, 6.07) is 0. The van der Waals surface area contributed by atoms with Crippen molar-refractivity contribution in [2.45, 2.75) is 13.3 Å². The van der Waals surface area contributed by atoms with Crippen LogP contribution in [0.15, 0.2) is 0 Å². The van der Waals surface area contributed by atoms with Gasteiger partial charge in [0.1, 0.15) is 0 Å². The molecule has 0 amide bonds. The van der Waals surface area contributed by atoms with Gasteiger partial charge in [-0.3, -0.25) is 8.98 Å². The third-order valence-corrected chi connectivity index (χ3v) is 1.18. The topological polar surface area (TPSA) is 69.7 Å². The number of ether oxygens (including phenoxy) is 1. The third kappa shape index (κ3) is 9.38. The number of esters is 1. The Balaban J connectivity index is 3.09. The number of thiol groups is 1. The summed E-state index contributed by atoms with van der Waals surface area (Å²) in [7, 11) is -2.77. The number of carbonyl (C=O) groups is 1. The van der Waals surface area contributed by atoms with Gasteiger partial charge in [0, 0.05) is 13.3 Å². The van der Waals surface area contributed by atoms with E-state index in [4.69, 9.17) is 0 Å². The van der Waals surface area contributed by atoms with Gasteiger partial charge in [-0.05, 0) is 0 Å². The Kier molecular flexibility index (Phi) is 5.77. The first kappa shape index (κ1) is 10.4. The molecular formula is C5H10O5S. The molecule has 6 heteroatoms. The summed E-state index contributed by atoms with van der Waals surface area (Å²) in [5, 5.41) is 0. The van der Waals surface area contributed by atoms with Crippen LogP contribution in [-0.2, 0) is 24.7 Å². The van der Waals surface area contributed by atoms with Crippen LogP contribution in [0.25, 0.3) is 0 Å². The van der Waals surface area contributed by atoms with Gasteiger partial charge in [0.25, 0.3) is 11.0 Å². The van der Waals surface area contributed by atoms with E-state index in [9.17, 15) is 13.2 Å². The molecule has 0 saturated carbocycles. The number of rotatable bonds is 5. The Morgan fingerprint density at radius 2 is 2.00 bits per heavy atom. The molecule has 0 aromatic carbocycles. The maximum atomic E-state index is 10.2. The molecule has 0 rings (SSSR count). The van der Waals surface area contributed by atoms with Crippen LogP contribution >= 0.6 is 0 Å². The fourth-order valence-corrected chi connectivity index (χ4v) is 0.692. The lowest BCUT2D eigenvalue weighted by molar-refractivity contribution is -0.141. The minimum atomic E-state index is -2.77. The lowest BCUT2D eigenvalue weighted by atomic mass is 10.5. The second kappa shape index (κ2) is 6.11. The van der Waals surface area contributed by atoms with Crippen molar-refractivity contribution in [3.8, 4) is 0 Å². The second-order valence-electron chi connectivity index (χ2n) is 1.75. The molecule has 0 aromatic rings. The molecule has 0 aromatic heterocycles. The lowest BCUT2D eigenvalue weighted by Gasteiger charge is -1.98. The van der Waals surface area contributed by atoms with Crippen molar-refractivity contribution in [2.75, 3.05) is 13.2 Å². The van der Waals surface area contributed by atoms with Crippen molar-refractivity contribution in [3.05, 3.63) is 0 Å². The summed E-state index contributed by atoms with van der Waals surface area (Å²) >= 11 is 0. The zero-order valence-electron chi connectivity index (χ0n) is 6.11. The maximum absolute atomic E-state index is 10.2. The molecule has 0 fully saturated rings. The summed E-state index contributed by atoms with van der Waals surface area (Å²) in [5.41, 5.74) is 0. The van der Waals surface area contributed by atoms with Crippen molar-refractivity contribution < 1.29 is 22.1 Å². The highest BCUT2D eigenvalue weighted by molar-refractivity contribution is 7.67. The fourth-order valence-electron chi connectivity index (χ4n) is 0.414. The number of hydrogen-bond acceptors (Lipinski definition) is 5. The van der Waals surface area contributed by atoms with Gasteiger partial charge in [0.05, 0.1) is 13.2 Å². The van der Waals surface area contributed by atoms with Crippen LogP contribution in [0.3, 0.4) is 0 Å². The van der Waals surface area contributed by atoms with Gasteiger partial charge in [0.2, 0.25) is 0 Å². The summed E-state index contributed by atoms with van der Waals surface area (Å²) < 4.78 is 28.3. The summed E-state index contributed by atoms with van der Waals surface area (Å²) in [6.07, 6.45) is 0.392. The van der Waals surface area contributed by atoms with Crippen molar-refractivity contribution in [2.24, 2.45) is 0 Å². The summed E-state index contributed by atoms with van der Waals surface area (Å²) in [6.45, 7) is 1.54. The first-order valence-corrected chi connectivity index (χ1v) is 4.13. The minimum absolute atomic E-state index is 0.0615. The second-order valence-corrected chi connectivity index (χ2v) is 2.46. The first-order chi connectivity index (χ1) is 5.13. The largest absolute Gasteiger partial charge is 0.466 e. The predicted octanol–water partition coefficient (Wildman–Crippen LogP) is -0.517. The molecule has 0 spiro atoms. The SMILES string of the molecule is CC(=O)OCCCO[SH](=O)=O. The predicted molar refractivity (Wildman–Crippen MR) is 37.5 cm³/mol. The Hall–Kier alpha value is -0.620. The minimum Gasteiger partial charge on any atom is -0.466 e. The molecule has 0 aliphatic rings. The van der Waals surface area contributed by atoms with Gasteiger partial charge < -0.3 is 4.74 Å². The Morgan fingerprint density at radius 3 is 2.45 bits per heavy atom. The summed E-state index contributed by atoms with van der Waals surface area (Å²) in [5.74, 6) is -0.378. The molecule has 11 heavy (non-hydrogen) atoms. The van der Waals surface area contributed by atoms with Crippen LogP contribution in [-0.4, -0.2) is 27.6 Å². The standard InChI is InChI=1S/C5H10O5S/c1-5(6)9-3-2-4-10-11(7)8/h11H,2-4H2,1H3. The van der Waals surface area contributed by atoms with E-state index in [1.807, 2.05) is 0 Å². The van der Waals surface area contributed by atoms with E-state index in [1.165, 1.54) is 6.92 Å². The van der Waals surface area contributed by atoms with E-state index in [0.717, 1.165) is 0 Å². The molecule has 0 aliphatic carbocycles. The van der Waals surface area contributed by atoms with Crippen molar-refractivity contribution in [1.29, 1.82) is 0 Å². The van der Waals surface area contributed by atoms with E-state index in [0.29, 0.717) is 6.42 Å². The van der Waals surface area contributed by atoms with E-state index in [1.54, 1.807) is 0 Å². The van der Waals surface area contributed by atoms with Crippen LogP contribution in [0.1, 0.15) is 13.3 Å². The monoisotopic (exact) mass is 182 g/mol. The van der Waals surface area contributed by atoms with E-state index in [-0.39, 0.29) is 19.2 Å². The molecule has 0 saturated heterocycles. The molecule has 0 radical (unpaired) electrons. The van der Waals surface area contributed by atoms with Crippen LogP contribution in [0.4, 0.5) is 0 Å². The average molecular weight is 182 g/mol. The smallest absolute Gasteiger partial charge is 0.302 e. The lowest BCUT2D eigenvalue weighted by Crippen LogP contribution is -2.03. The molecule has 0 heterocycles. The van der Waals surface area contributed by atoms with Gasteiger partial charge in [-0.1, -0.05) is 0 Å². The molecule has 0 bridgehead atoms. The van der Waals surface area contributed by atoms with Crippen molar-refractivity contribution in [1.82, 2.24) is 0 Å². The summed E-state index contributed by atoms with van der Waals surface area (Å²) in [4.78, 5) is 10.2. The van der Waals surface area contributed by atoms with E-state index >= 15 is 0 Å². The maximum Gasteiger partial charge on any atom is 0.302 e. The van der Waals surface area contributed by atoms with Crippen LogP contribution in [0.5, 0.6) is 0 Å². The van der Waals surface area contributed by atoms with Crippen LogP contribution < -0.4 is 0 Å². The molecule has 66 valence electrons. The average Bonchev–Trinajstić information content (AvgIpc) is 1.85. The van der Waals surface area contributed by atoms with Gasteiger partial charge in [0.15, 0.2) is 0 Å². The van der Waals surface area contributed by atoms with Gasteiger partial charge >= 0.3 is 5.97 Å². The zero-order valence-corrected chi connectivity index (χ0v) is 7.00. The third-order valence-electron chi connectivity index (χ3n) is 0.791. The Morgan fingerprint density at radius 1 is 1.36 bits per heavy atom.